The van der Waals surface area contributed by atoms with Crippen LogP contribution >= 0.6 is 0 Å². The maximum absolute atomic E-state index is 11.6. The summed E-state index contributed by atoms with van der Waals surface area (Å²) in [6.07, 6.45) is 0. The second kappa shape index (κ2) is 6.61. The topological polar surface area (TPSA) is 96.2 Å². The maximum atomic E-state index is 11.6. The molecule has 0 unspecified atom stereocenters. The predicted octanol–water partition coefficient (Wildman–Crippen LogP) is 1.11. The summed E-state index contributed by atoms with van der Waals surface area (Å²) < 4.78 is 0. The maximum Gasteiger partial charge on any atom is 0.319 e. The smallest absolute Gasteiger partial charge is 0.319 e. The summed E-state index contributed by atoms with van der Waals surface area (Å²) in [5, 5.41) is 7.98. The van der Waals surface area contributed by atoms with Gasteiger partial charge in [-0.3, -0.25) is 4.79 Å². The van der Waals surface area contributed by atoms with Crippen molar-refractivity contribution in [2.45, 2.75) is 19.9 Å². The zero-order valence-corrected chi connectivity index (χ0v) is 10.5. The minimum Gasteiger partial charge on any atom is -0.336 e. The van der Waals surface area contributed by atoms with Crippen molar-refractivity contribution in [1.29, 1.82) is 0 Å². The van der Waals surface area contributed by atoms with Crippen LogP contribution in [0.3, 0.4) is 0 Å². The van der Waals surface area contributed by atoms with Crippen LogP contribution in [-0.4, -0.2) is 24.5 Å². The molecule has 0 radical (unpaired) electrons. The van der Waals surface area contributed by atoms with Crippen molar-refractivity contribution in [2.75, 3.05) is 17.2 Å². The van der Waals surface area contributed by atoms with E-state index in [-0.39, 0.29) is 24.5 Å². The first-order chi connectivity index (χ1) is 8.52. The largest absolute Gasteiger partial charge is 0.336 e. The first kappa shape index (κ1) is 14.0. The van der Waals surface area contributed by atoms with E-state index in [9.17, 15) is 9.59 Å². The van der Waals surface area contributed by atoms with Gasteiger partial charge in [-0.2, -0.15) is 0 Å². The van der Waals surface area contributed by atoms with Gasteiger partial charge in [0.25, 0.3) is 0 Å². The second-order valence-corrected chi connectivity index (χ2v) is 4.05. The van der Waals surface area contributed by atoms with E-state index in [2.05, 4.69) is 16.0 Å². The van der Waals surface area contributed by atoms with Crippen LogP contribution in [0.4, 0.5) is 16.2 Å². The van der Waals surface area contributed by atoms with Crippen LogP contribution in [0.15, 0.2) is 24.3 Å². The molecule has 1 aromatic carbocycles. The molecule has 0 fully saturated rings. The summed E-state index contributed by atoms with van der Waals surface area (Å²) in [6.45, 7) is 3.62. The summed E-state index contributed by atoms with van der Waals surface area (Å²) >= 11 is 0. The Hall–Kier alpha value is -2.08. The number of nitrogens with one attached hydrogen (secondary N) is 3. The molecule has 0 saturated heterocycles. The summed E-state index contributed by atoms with van der Waals surface area (Å²) in [6, 6.07) is 6.64. The zero-order valence-electron chi connectivity index (χ0n) is 10.5. The fraction of sp³-hybridized carbons (Fsp3) is 0.333. The second-order valence-electron chi connectivity index (χ2n) is 4.05. The SMILES string of the molecule is CC(C)NC(=O)Nc1ccccc1NC(=O)CN. The predicted molar refractivity (Wildman–Crippen MR) is 71.4 cm³/mol. The van der Waals surface area contributed by atoms with Gasteiger partial charge in [0.05, 0.1) is 17.9 Å². The average Bonchev–Trinajstić information content (AvgIpc) is 2.30. The lowest BCUT2D eigenvalue weighted by molar-refractivity contribution is -0.114. The standard InChI is InChI=1S/C12H18N4O2/c1-8(2)14-12(18)16-10-6-4-3-5-9(10)15-11(17)7-13/h3-6,8H,7,13H2,1-2H3,(H,15,17)(H2,14,16,18). The van der Waals surface area contributed by atoms with Gasteiger partial charge in [-0.05, 0) is 26.0 Å². The number of benzene rings is 1. The average molecular weight is 250 g/mol. The van der Waals surface area contributed by atoms with Crippen LogP contribution in [0.2, 0.25) is 0 Å². The first-order valence-electron chi connectivity index (χ1n) is 5.69. The van der Waals surface area contributed by atoms with Crippen LogP contribution in [-0.2, 0) is 4.79 Å². The Morgan fingerprint density at radius 1 is 1.17 bits per heavy atom. The highest BCUT2D eigenvalue weighted by Crippen LogP contribution is 2.20. The van der Waals surface area contributed by atoms with Crippen LogP contribution in [0, 0.1) is 0 Å². The Balaban J connectivity index is 2.76. The molecule has 0 bridgehead atoms. The van der Waals surface area contributed by atoms with E-state index in [0.717, 1.165) is 0 Å². The zero-order chi connectivity index (χ0) is 13.5. The fourth-order valence-electron chi connectivity index (χ4n) is 1.32. The van der Waals surface area contributed by atoms with Gasteiger partial charge in [-0.15, -0.1) is 0 Å². The Kier molecular flexibility index (Phi) is 5.13. The van der Waals surface area contributed by atoms with E-state index >= 15 is 0 Å². The minimum atomic E-state index is -0.320. The highest BCUT2D eigenvalue weighted by atomic mass is 16.2. The molecule has 0 aliphatic rings. The van der Waals surface area contributed by atoms with Gasteiger partial charge in [-0.25, -0.2) is 4.79 Å². The normalized spacial score (nSPS) is 10.0. The quantitative estimate of drug-likeness (QED) is 0.644. The molecule has 6 nitrogen and oxygen atoms in total. The summed E-state index contributed by atoms with van der Waals surface area (Å²) in [5.74, 6) is -0.312. The molecule has 18 heavy (non-hydrogen) atoms. The van der Waals surface area contributed by atoms with Crippen molar-refractivity contribution in [3.05, 3.63) is 24.3 Å². The number of carbonyl (C=O) groups excluding carboxylic acids is 2. The number of para-hydroxylation sites is 2. The lowest BCUT2D eigenvalue weighted by Crippen LogP contribution is -2.34. The Morgan fingerprint density at radius 3 is 2.22 bits per heavy atom. The van der Waals surface area contributed by atoms with Crippen molar-refractivity contribution in [2.24, 2.45) is 5.73 Å². The molecule has 0 aliphatic heterocycles. The lowest BCUT2D eigenvalue weighted by atomic mass is 10.2. The third-order valence-electron chi connectivity index (χ3n) is 2.05. The van der Waals surface area contributed by atoms with Gasteiger partial charge in [0.1, 0.15) is 0 Å². The van der Waals surface area contributed by atoms with Crippen LogP contribution in [0.1, 0.15) is 13.8 Å². The van der Waals surface area contributed by atoms with Crippen LogP contribution in [0.5, 0.6) is 0 Å². The molecule has 1 rings (SSSR count). The van der Waals surface area contributed by atoms with E-state index < -0.39 is 0 Å². The van der Waals surface area contributed by atoms with Crippen molar-refractivity contribution in [3.8, 4) is 0 Å². The molecule has 1 aromatic rings. The van der Waals surface area contributed by atoms with Crippen LogP contribution in [0.25, 0.3) is 0 Å². The number of hydrogen-bond acceptors (Lipinski definition) is 3. The Morgan fingerprint density at radius 2 is 1.72 bits per heavy atom. The van der Waals surface area contributed by atoms with Crippen molar-refractivity contribution < 1.29 is 9.59 Å². The number of nitrogens with two attached hydrogens (primary N) is 1. The summed E-state index contributed by atoms with van der Waals surface area (Å²) in [7, 11) is 0. The van der Waals surface area contributed by atoms with E-state index in [4.69, 9.17) is 5.73 Å². The van der Waals surface area contributed by atoms with Crippen molar-refractivity contribution in [3.63, 3.8) is 0 Å². The van der Waals surface area contributed by atoms with Crippen molar-refractivity contribution in [1.82, 2.24) is 5.32 Å². The van der Waals surface area contributed by atoms with Gasteiger partial charge in [-0.1, -0.05) is 12.1 Å². The van der Waals surface area contributed by atoms with Gasteiger partial charge < -0.3 is 21.7 Å². The fourth-order valence-corrected chi connectivity index (χ4v) is 1.32. The monoisotopic (exact) mass is 250 g/mol. The highest BCUT2D eigenvalue weighted by molar-refractivity contribution is 5.99. The van der Waals surface area contributed by atoms with Crippen LogP contribution < -0.4 is 21.7 Å². The Bertz CT molecular complexity index is 432. The van der Waals surface area contributed by atoms with Gasteiger partial charge >= 0.3 is 6.03 Å². The molecule has 0 aliphatic carbocycles. The molecule has 0 saturated carbocycles. The first-order valence-corrected chi connectivity index (χ1v) is 5.69. The molecule has 5 N–H and O–H groups in total. The number of amides is 3. The third kappa shape index (κ3) is 4.42. The molecule has 3 amide bonds. The van der Waals surface area contributed by atoms with E-state index in [1.165, 1.54) is 0 Å². The van der Waals surface area contributed by atoms with Crippen molar-refractivity contribution >= 4 is 23.3 Å². The molecule has 0 atom stereocenters. The van der Waals surface area contributed by atoms with E-state index in [1.54, 1.807) is 24.3 Å². The highest BCUT2D eigenvalue weighted by Gasteiger charge is 2.08. The summed E-state index contributed by atoms with van der Waals surface area (Å²) in [5.41, 5.74) is 6.27. The molecule has 98 valence electrons. The van der Waals surface area contributed by atoms with Gasteiger partial charge in [0, 0.05) is 6.04 Å². The molecule has 0 heterocycles. The number of hydrogen-bond donors (Lipinski definition) is 4. The minimum absolute atomic E-state index is 0.0378. The van der Waals surface area contributed by atoms with Gasteiger partial charge in [0.15, 0.2) is 0 Å². The third-order valence-corrected chi connectivity index (χ3v) is 2.05. The lowest BCUT2D eigenvalue weighted by Gasteiger charge is -2.13. The Labute approximate surface area is 106 Å². The van der Waals surface area contributed by atoms with E-state index in [1.807, 2.05) is 13.8 Å². The number of carbonyl (C=O) groups is 2. The molecule has 6 heteroatoms. The molecular weight excluding hydrogens is 232 g/mol. The van der Waals surface area contributed by atoms with E-state index in [0.29, 0.717) is 11.4 Å². The number of anilines is 2. The summed E-state index contributed by atoms with van der Waals surface area (Å²) in [4.78, 5) is 22.8. The van der Waals surface area contributed by atoms with Gasteiger partial charge in [0.2, 0.25) is 5.91 Å². The molecule has 0 spiro atoms. The molecular formula is C12H18N4O2. The number of rotatable bonds is 4. The number of urea groups is 1. The molecule has 0 aromatic heterocycles.